The molecule has 6 nitrogen and oxygen atoms in total. The molecule has 0 N–H and O–H groups in total. The van der Waals surface area contributed by atoms with Gasteiger partial charge >= 0.3 is 0 Å². The molecule has 1 unspecified atom stereocenters. The quantitative estimate of drug-likeness (QED) is 0.327. The van der Waals surface area contributed by atoms with Crippen LogP contribution in [0.4, 0.5) is 0 Å². The van der Waals surface area contributed by atoms with E-state index in [0.717, 1.165) is 57.0 Å². The largest absolute Gasteiger partial charge is 0.359 e. The van der Waals surface area contributed by atoms with E-state index in [9.17, 15) is 0 Å². The highest BCUT2D eigenvalue weighted by molar-refractivity contribution is 5.46. The summed E-state index contributed by atoms with van der Waals surface area (Å²) in [6.07, 6.45) is 17.2. The zero-order chi connectivity index (χ0) is 26.5. The Morgan fingerprint density at radius 2 is 1.94 bits per heavy atom. The second-order valence-corrected chi connectivity index (χ2v) is 9.65. The SMILES string of the molecule is CC.CC/C=C\C=C(\N(C)CCN(CC)C(C)C)n1cnc(CN(C)C2CCCc3cccnc32)c1. The Kier molecular flexibility index (Phi) is 12.9. The fourth-order valence-electron chi connectivity index (χ4n) is 4.83. The van der Waals surface area contributed by atoms with Crippen LogP contribution < -0.4 is 0 Å². The molecule has 200 valence electrons. The van der Waals surface area contributed by atoms with Crippen molar-refractivity contribution in [3.8, 4) is 0 Å². The van der Waals surface area contributed by atoms with Gasteiger partial charge in [-0.25, -0.2) is 4.98 Å². The molecule has 0 amide bonds. The average molecular weight is 495 g/mol. The molecule has 1 atom stereocenters. The van der Waals surface area contributed by atoms with Crippen molar-refractivity contribution in [2.75, 3.05) is 33.7 Å². The number of aromatic nitrogens is 3. The smallest absolute Gasteiger partial charge is 0.113 e. The van der Waals surface area contributed by atoms with Crippen LogP contribution in [0.15, 0.2) is 49.1 Å². The van der Waals surface area contributed by atoms with Crippen LogP contribution in [0.25, 0.3) is 5.82 Å². The maximum Gasteiger partial charge on any atom is 0.113 e. The number of hydrogen-bond acceptors (Lipinski definition) is 5. The minimum Gasteiger partial charge on any atom is -0.359 e. The molecule has 0 aliphatic heterocycles. The fourth-order valence-corrected chi connectivity index (χ4v) is 4.83. The average Bonchev–Trinajstić information content (AvgIpc) is 3.35. The van der Waals surface area contributed by atoms with Gasteiger partial charge in [0.15, 0.2) is 0 Å². The number of imidazole rings is 1. The summed E-state index contributed by atoms with van der Waals surface area (Å²) in [4.78, 5) is 16.7. The molecule has 0 fully saturated rings. The minimum atomic E-state index is 0.358. The molecule has 2 aromatic rings. The van der Waals surface area contributed by atoms with Crippen molar-refractivity contribution >= 4 is 5.82 Å². The number of nitrogens with zero attached hydrogens (tertiary/aromatic N) is 6. The van der Waals surface area contributed by atoms with E-state index in [4.69, 9.17) is 9.97 Å². The van der Waals surface area contributed by atoms with Gasteiger partial charge in [0.25, 0.3) is 0 Å². The molecule has 2 heterocycles. The highest BCUT2D eigenvalue weighted by atomic mass is 15.3. The van der Waals surface area contributed by atoms with Crippen LogP contribution in [-0.2, 0) is 13.0 Å². The van der Waals surface area contributed by atoms with E-state index in [2.05, 4.69) is 97.6 Å². The van der Waals surface area contributed by atoms with Crippen LogP contribution in [0.5, 0.6) is 0 Å². The Balaban J connectivity index is 0.00000222. The maximum atomic E-state index is 4.78. The van der Waals surface area contributed by atoms with Gasteiger partial charge in [-0.05, 0) is 70.8 Å². The van der Waals surface area contributed by atoms with Crippen molar-refractivity contribution in [2.45, 2.75) is 85.9 Å². The Hall–Kier alpha value is -2.44. The van der Waals surface area contributed by atoms with Gasteiger partial charge in [0.1, 0.15) is 12.1 Å². The molecule has 1 aliphatic rings. The van der Waals surface area contributed by atoms with Gasteiger partial charge in [0, 0.05) is 45.1 Å². The van der Waals surface area contributed by atoms with Gasteiger partial charge in [0.2, 0.25) is 0 Å². The van der Waals surface area contributed by atoms with Crippen LogP contribution in [0.1, 0.15) is 83.8 Å². The maximum absolute atomic E-state index is 4.78. The number of aryl methyl sites for hydroxylation is 1. The molecule has 2 aromatic heterocycles. The summed E-state index contributed by atoms with van der Waals surface area (Å²) in [5.74, 6) is 1.15. The summed E-state index contributed by atoms with van der Waals surface area (Å²) in [5.41, 5.74) is 3.72. The molecule has 0 spiro atoms. The lowest BCUT2D eigenvalue weighted by molar-refractivity contribution is 0.206. The number of pyridine rings is 1. The van der Waals surface area contributed by atoms with Crippen LogP contribution in [-0.4, -0.2) is 69.0 Å². The molecule has 0 radical (unpaired) electrons. The number of rotatable bonds is 12. The Morgan fingerprint density at radius 3 is 2.64 bits per heavy atom. The van der Waals surface area contributed by atoms with E-state index in [1.807, 2.05) is 26.4 Å². The normalized spacial score (nSPS) is 16.0. The lowest BCUT2D eigenvalue weighted by Gasteiger charge is -2.31. The van der Waals surface area contributed by atoms with Crippen molar-refractivity contribution in [3.05, 3.63) is 66.0 Å². The molecule has 36 heavy (non-hydrogen) atoms. The lowest BCUT2D eigenvalue weighted by Crippen LogP contribution is -2.37. The predicted molar refractivity (Wildman–Crippen MR) is 154 cm³/mol. The first-order valence-corrected chi connectivity index (χ1v) is 13.9. The van der Waals surface area contributed by atoms with E-state index in [1.54, 1.807) is 0 Å². The van der Waals surface area contributed by atoms with Gasteiger partial charge in [-0.15, -0.1) is 0 Å². The molecule has 3 rings (SSSR count). The minimum absolute atomic E-state index is 0.358. The standard InChI is InChI=1S/C28H44N6.C2H6/c1-7-9-10-16-27(31(5)18-19-33(8-2)23(3)4)34-21-25(30-22-34)20-32(6)26-15-11-13-24-14-12-17-29-28(24)26;1-2/h9-10,12,14,16-17,21-23,26H,7-8,11,13,15,18-20H2,1-6H3;1-2H3/b10-9-,27-16-;. The van der Waals surface area contributed by atoms with E-state index in [-0.39, 0.29) is 0 Å². The summed E-state index contributed by atoms with van der Waals surface area (Å²) in [6, 6.07) is 5.20. The Morgan fingerprint density at radius 1 is 1.17 bits per heavy atom. The summed E-state index contributed by atoms with van der Waals surface area (Å²) in [6.45, 7) is 16.8. The van der Waals surface area contributed by atoms with Gasteiger partial charge in [-0.3, -0.25) is 19.4 Å². The molecule has 0 saturated carbocycles. The highest BCUT2D eigenvalue weighted by Crippen LogP contribution is 2.32. The zero-order valence-corrected chi connectivity index (χ0v) is 24.1. The molecular weight excluding hydrogens is 444 g/mol. The van der Waals surface area contributed by atoms with Crippen molar-refractivity contribution in [1.29, 1.82) is 0 Å². The second kappa shape index (κ2) is 15.6. The number of allylic oxidation sites excluding steroid dienone is 3. The van der Waals surface area contributed by atoms with E-state index in [0.29, 0.717) is 12.1 Å². The predicted octanol–water partition coefficient (Wildman–Crippen LogP) is 6.24. The van der Waals surface area contributed by atoms with Crippen molar-refractivity contribution in [1.82, 2.24) is 29.2 Å². The lowest BCUT2D eigenvalue weighted by atomic mass is 9.91. The monoisotopic (exact) mass is 494 g/mol. The number of likely N-dealkylation sites (N-methyl/N-ethyl adjacent to an activating group) is 2. The van der Waals surface area contributed by atoms with Crippen LogP contribution in [0, 0.1) is 0 Å². The van der Waals surface area contributed by atoms with Crippen molar-refractivity contribution < 1.29 is 0 Å². The zero-order valence-electron chi connectivity index (χ0n) is 24.1. The third kappa shape index (κ3) is 8.31. The van der Waals surface area contributed by atoms with Gasteiger partial charge in [0.05, 0.1) is 17.4 Å². The first-order chi connectivity index (χ1) is 17.4. The van der Waals surface area contributed by atoms with E-state index >= 15 is 0 Å². The third-order valence-electron chi connectivity index (χ3n) is 6.88. The first-order valence-electron chi connectivity index (χ1n) is 13.9. The third-order valence-corrected chi connectivity index (χ3v) is 6.88. The highest BCUT2D eigenvalue weighted by Gasteiger charge is 2.25. The molecule has 0 aromatic carbocycles. The van der Waals surface area contributed by atoms with Gasteiger partial charge in [-0.2, -0.15) is 0 Å². The number of fused-ring (bicyclic) bond motifs is 1. The van der Waals surface area contributed by atoms with Crippen LogP contribution >= 0.6 is 0 Å². The Bertz CT molecular complexity index is 944. The van der Waals surface area contributed by atoms with Gasteiger partial charge in [-0.1, -0.05) is 45.9 Å². The van der Waals surface area contributed by atoms with Gasteiger partial charge < -0.3 is 4.90 Å². The fraction of sp³-hybridized carbons (Fsp3) is 0.600. The molecule has 6 heteroatoms. The molecule has 0 saturated heterocycles. The first kappa shape index (κ1) is 29.8. The molecule has 1 aliphatic carbocycles. The summed E-state index contributed by atoms with van der Waals surface area (Å²) >= 11 is 0. The second-order valence-electron chi connectivity index (χ2n) is 9.65. The van der Waals surface area contributed by atoms with Crippen molar-refractivity contribution in [2.24, 2.45) is 0 Å². The molecular formula is C30H50N6. The summed E-state index contributed by atoms with van der Waals surface area (Å²) < 4.78 is 2.17. The Labute approximate surface area is 220 Å². The summed E-state index contributed by atoms with van der Waals surface area (Å²) in [7, 11) is 4.38. The molecule has 0 bridgehead atoms. The van der Waals surface area contributed by atoms with Crippen LogP contribution in [0.3, 0.4) is 0 Å². The topological polar surface area (TPSA) is 40.4 Å². The summed E-state index contributed by atoms with van der Waals surface area (Å²) in [5, 5.41) is 0. The van der Waals surface area contributed by atoms with E-state index in [1.165, 1.54) is 17.7 Å². The van der Waals surface area contributed by atoms with Crippen molar-refractivity contribution in [3.63, 3.8) is 0 Å². The number of hydrogen-bond donors (Lipinski definition) is 0. The van der Waals surface area contributed by atoms with E-state index < -0.39 is 0 Å². The van der Waals surface area contributed by atoms with Crippen LogP contribution in [0.2, 0.25) is 0 Å².